The Morgan fingerprint density at radius 2 is 2.06 bits per heavy atom. The van der Waals surface area contributed by atoms with Gasteiger partial charge >= 0.3 is 5.97 Å². The van der Waals surface area contributed by atoms with Crippen molar-refractivity contribution in [3.63, 3.8) is 0 Å². The molecule has 1 saturated heterocycles. The van der Waals surface area contributed by atoms with Crippen molar-refractivity contribution in [3.05, 3.63) is 64.7 Å². The van der Waals surface area contributed by atoms with Gasteiger partial charge in [0.1, 0.15) is 18.4 Å². The van der Waals surface area contributed by atoms with Crippen molar-refractivity contribution in [1.82, 2.24) is 4.90 Å². The normalized spacial score (nSPS) is 22.6. The number of hydrogen-bond donors (Lipinski definition) is 2. The van der Waals surface area contributed by atoms with Crippen LogP contribution in [-0.4, -0.2) is 54.2 Å². The number of fused-ring (bicyclic) bond motifs is 2. The summed E-state index contributed by atoms with van der Waals surface area (Å²) < 4.78 is 11.3. The molecular weight excluding hydrogens is 396 g/mol. The second kappa shape index (κ2) is 8.17. The third-order valence-electron chi connectivity index (χ3n) is 6.12. The highest BCUT2D eigenvalue weighted by Crippen LogP contribution is 2.41. The van der Waals surface area contributed by atoms with Gasteiger partial charge in [0.25, 0.3) is 5.91 Å². The van der Waals surface area contributed by atoms with E-state index >= 15 is 0 Å². The van der Waals surface area contributed by atoms with Crippen molar-refractivity contribution in [2.45, 2.75) is 25.5 Å². The van der Waals surface area contributed by atoms with Gasteiger partial charge < -0.3 is 19.9 Å². The van der Waals surface area contributed by atoms with Crippen LogP contribution in [0.1, 0.15) is 28.7 Å². The van der Waals surface area contributed by atoms with Crippen LogP contribution in [0.5, 0.6) is 0 Å². The molecule has 1 unspecified atom stereocenters. The van der Waals surface area contributed by atoms with Gasteiger partial charge in [-0.1, -0.05) is 36.4 Å². The number of aryl methyl sites for hydroxylation is 1. The Balaban J connectivity index is 1.30. The van der Waals surface area contributed by atoms with E-state index in [-0.39, 0.29) is 12.5 Å². The van der Waals surface area contributed by atoms with Crippen molar-refractivity contribution < 1.29 is 24.2 Å². The number of amides is 1. The molecule has 1 amide bonds. The van der Waals surface area contributed by atoms with E-state index in [2.05, 4.69) is 17.4 Å². The molecule has 31 heavy (non-hydrogen) atoms. The van der Waals surface area contributed by atoms with Gasteiger partial charge in [-0.25, -0.2) is 0 Å². The molecule has 2 aromatic rings. The number of rotatable bonds is 5. The first-order valence-corrected chi connectivity index (χ1v) is 10.6. The molecule has 0 aromatic heterocycles. The van der Waals surface area contributed by atoms with Crippen molar-refractivity contribution in [2.75, 3.05) is 31.6 Å². The Kier molecular flexibility index (Phi) is 5.21. The number of carboxylic acids is 1. The zero-order chi connectivity index (χ0) is 21.4. The summed E-state index contributed by atoms with van der Waals surface area (Å²) in [5, 5.41) is 12.3. The van der Waals surface area contributed by atoms with Crippen molar-refractivity contribution >= 4 is 28.9 Å². The van der Waals surface area contributed by atoms with E-state index < -0.39 is 12.0 Å². The zero-order valence-corrected chi connectivity index (χ0v) is 17.1. The maximum absolute atomic E-state index is 12.6. The SMILES string of the molecule is O=C1Nc2ccccc2C1=C1OCc2cc(CCCN3CCOCC3C(=O)O)ccc21. The minimum absolute atomic E-state index is 0.133. The van der Waals surface area contributed by atoms with Gasteiger partial charge in [-0.05, 0) is 31.0 Å². The van der Waals surface area contributed by atoms with Crippen LogP contribution in [0.3, 0.4) is 0 Å². The van der Waals surface area contributed by atoms with E-state index in [1.54, 1.807) is 0 Å². The van der Waals surface area contributed by atoms with E-state index in [0.717, 1.165) is 41.8 Å². The van der Waals surface area contributed by atoms with Crippen LogP contribution in [0.15, 0.2) is 42.5 Å². The number of ether oxygens (including phenoxy) is 2. The molecule has 5 rings (SSSR count). The predicted molar refractivity (Wildman–Crippen MR) is 115 cm³/mol. The third-order valence-corrected chi connectivity index (χ3v) is 6.12. The molecule has 2 N–H and O–H groups in total. The average molecular weight is 420 g/mol. The van der Waals surface area contributed by atoms with Crippen LogP contribution in [0, 0.1) is 0 Å². The fourth-order valence-corrected chi connectivity index (χ4v) is 4.54. The molecule has 160 valence electrons. The topological polar surface area (TPSA) is 88.1 Å². The van der Waals surface area contributed by atoms with Gasteiger partial charge in [0.05, 0.1) is 18.8 Å². The van der Waals surface area contributed by atoms with Crippen LogP contribution < -0.4 is 5.32 Å². The Morgan fingerprint density at radius 1 is 1.19 bits per heavy atom. The molecule has 0 radical (unpaired) electrons. The highest BCUT2D eigenvalue weighted by Gasteiger charge is 2.32. The molecule has 3 heterocycles. The zero-order valence-electron chi connectivity index (χ0n) is 17.1. The number of benzene rings is 2. The van der Waals surface area contributed by atoms with Gasteiger partial charge in [0.2, 0.25) is 0 Å². The van der Waals surface area contributed by atoms with Crippen molar-refractivity contribution in [2.24, 2.45) is 0 Å². The van der Waals surface area contributed by atoms with E-state index in [9.17, 15) is 14.7 Å². The van der Waals surface area contributed by atoms with Gasteiger partial charge in [-0.2, -0.15) is 0 Å². The van der Waals surface area contributed by atoms with Crippen LogP contribution in [0.25, 0.3) is 11.3 Å². The minimum atomic E-state index is -0.826. The van der Waals surface area contributed by atoms with Crippen LogP contribution in [0.4, 0.5) is 5.69 Å². The fourth-order valence-electron chi connectivity index (χ4n) is 4.54. The number of carbonyl (C=O) groups is 2. The molecule has 3 aliphatic heterocycles. The summed E-state index contributed by atoms with van der Waals surface area (Å²) in [6.07, 6.45) is 1.72. The standard InChI is InChI=1S/C24H24N2O5/c27-23-21(18-5-1-2-6-19(18)25-23)22-17-8-7-15(12-16(17)13-31-22)4-3-9-26-10-11-30-14-20(26)24(28)29/h1-2,5-8,12,20H,3-4,9-11,13-14H2,(H,25,27)(H,28,29). The second-order valence-electron chi connectivity index (χ2n) is 8.05. The van der Waals surface area contributed by atoms with Crippen LogP contribution in [0.2, 0.25) is 0 Å². The number of hydrogen-bond acceptors (Lipinski definition) is 5. The maximum Gasteiger partial charge on any atom is 0.323 e. The lowest BCUT2D eigenvalue weighted by atomic mass is 9.98. The van der Waals surface area contributed by atoms with Crippen molar-refractivity contribution in [3.8, 4) is 0 Å². The first-order chi connectivity index (χ1) is 15.1. The van der Waals surface area contributed by atoms with E-state index in [1.165, 1.54) is 5.56 Å². The van der Waals surface area contributed by atoms with E-state index in [0.29, 0.717) is 31.1 Å². The Bertz CT molecular complexity index is 1080. The first kappa shape index (κ1) is 19.8. The number of aliphatic carboxylic acids is 1. The molecule has 7 nitrogen and oxygen atoms in total. The summed E-state index contributed by atoms with van der Waals surface area (Å²) in [5.74, 6) is -0.319. The summed E-state index contributed by atoms with van der Waals surface area (Å²) in [6, 6.07) is 13.3. The second-order valence-corrected chi connectivity index (χ2v) is 8.05. The summed E-state index contributed by atoms with van der Waals surface area (Å²) in [4.78, 5) is 25.9. The molecule has 1 atom stereocenters. The third kappa shape index (κ3) is 3.71. The highest BCUT2D eigenvalue weighted by atomic mass is 16.5. The van der Waals surface area contributed by atoms with Crippen LogP contribution in [-0.2, 0) is 32.1 Å². The van der Waals surface area contributed by atoms with E-state index in [4.69, 9.17) is 9.47 Å². The summed E-state index contributed by atoms with van der Waals surface area (Å²) in [5.41, 5.74) is 5.50. The number of morpholine rings is 1. The molecule has 2 aromatic carbocycles. The number of para-hydroxylation sites is 1. The fraction of sp³-hybridized carbons (Fsp3) is 0.333. The predicted octanol–water partition coefficient (Wildman–Crippen LogP) is 2.76. The number of anilines is 1. The van der Waals surface area contributed by atoms with Gasteiger partial charge in [0, 0.05) is 28.9 Å². The molecule has 0 aliphatic carbocycles. The van der Waals surface area contributed by atoms with Gasteiger partial charge in [-0.15, -0.1) is 0 Å². The highest BCUT2D eigenvalue weighted by molar-refractivity contribution is 6.36. The quantitative estimate of drug-likeness (QED) is 0.724. The average Bonchev–Trinajstić information content (AvgIpc) is 3.33. The largest absolute Gasteiger partial charge is 0.487 e. The molecule has 0 spiro atoms. The maximum atomic E-state index is 12.6. The Hall–Kier alpha value is -3.16. The molecule has 0 bridgehead atoms. The summed E-state index contributed by atoms with van der Waals surface area (Å²) in [7, 11) is 0. The number of carboxylic acid groups (broad SMARTS) is 1. The monoisotopic (exact) mass is 420 g/mol. The molecular formula is C24H24N2O5. The molecule has 3 aliphatic rings. The summed E-state index contributed by atoms with van der Waals surface area (Å²) >= 11 is 0. The first-order valence-electron chi connectivity index (χ1n) is 10.6. The smallest absolute Gasteiger partial charge is 0.323 e. The summed E-state index contributed by atoms with van der Waals surface area (Å²) in [6.45, 7) is 2.64. The van der Waals surface area contributed by atoms with Crippen LogP contribution >= 0.6 is 0 Å². The van der Waals surface area contributed by atoms with Gasteiger partial charge in [0.15, 0.2) is 0 Å². The molecule has 7 heteroatoms. The molecule has 1 fully saturated rings. The lowest BCUT2D eigenvalue weighted by molar-refractivity contribution is -0.149. The van der Waals surface area contributed by atoms with Gasteiger partial charge in [-0.3, -0.25) is 14.5 Å². The number of nitrogens with one attached hydrogen (secondary N) is 1. The minimum Gasteiger partial charge on any atom is -0.487 e. The number of nitrogens with zero attached hydrogens (tertiary/aromatic N) is 1. The van der Waals surface area contributed by atoms with Crippen molar-refractivity contribution in [1.29, 1.82) is 0 Å². The number of carbonyl (C=O) groups excluding carboxylic acids is 1. The lowest BCUT2D eigenvalue weighted by Gasteiger charge is -2.32. The molecule has 0 saturated carbocycles. The Labute approximate surface area is 180 Å². The van der Waals surface area contributed by atoms with E-state index in [1.807, 2.05) is 35.2 Å². The Morgan fingerprint density at radius 3 is 2.94 bits per heavy atom. The lowest BCUT2D eigenvalue weighted by Crippen LogP contribution is -2.50.